The fraction of sp³-hybridized carbons (Fsp3) is 0.294. The van der Waals surface area contributed by atoms with Crippen LogP contribution in [-0.4, -0.2) is 36.9 Å². The number of aromatic nitrogens is 1. The van der Waals surface area contributed by atoms with Gasteiger partial charge in [0.25, 0.3) is 15.8 Å². The third-order valence-corrected chi connectivity index (χ3v) is 4.60. The van der Waals surface area contributed by atoms with Crippen LogP contribution in [0.2, 0.25) is 0 Å². The van der Waals surface area contributed by atoms with Crippen LogP contribution in [0, 0.1) is 10.1 Å². The lowest BCUT2D eigenvalue weighted by Crippen LogP contribution is -2.32. The van der Waals surface area contributed by atoms with Crippen LogP contribution in [0.4, 0.5) is 11.4 Å². The first-order valence-corrected chi connectivity index (χ1v) is 9.82. The molecule has 0 unspecified atom stereocenters. The maximum atomic E-state index is 10.7. The van der Waals surface area contributed by atoms with Gasteiger partial charge in [-0.1, -0.05) is 0 Å². The number of unbranched alkanes of at least 4 members (excludes halogenated alkanes) is 1. The number of non-ortho nitro benzene ring substituents is 1. The summed E-state index contributed by atoms with van der Waals surface area (Å²) >= 11 is 0. The number of anilines is 1. The van der Waals surface area contributed by atoms with Gasteiger partial charge in [-0.05, 0) is 18.6 Å². The van der Waals surface area contributed by atoms with Crippen molar-refractivity contribution in [3.63, 3.8) is 0 Å². The van der Waals surface area contributed by atoms with Gasteiger partial charge in [-0.3, -0.25) is 19.7 Å². The second kappa shape index (κ2) is 9.19. The van der Waals surface area contributed by atoms with E-state index in [0.29, 0.717) is 19.4 Å². The van der Waals surface area contributed by atoms with E-state index in [-0.39, 0.29) is 11.4 Å². The third-order valence-electron chi connectivity index (χ3n) is 3.80. The van der Waals surface area contributed by atoms with Crippen LogP contribution in [0.1, 0.15) is 18.4 Å². The molecule has 2 rings (SSSR count). The summed E-state index contributed by atoms with van der Waals surface area (Å²) in [5.74, 6) is -0.229. The zero-order chi connectivity index (χ0) is 19.9. The van der Waals surface area contributed by atoms with E-state index < -0.39 is 15.0 Å². The van der Waals surface area contributed by atoms with Crippen molar-refractivity contribution >= 4 is 27.7 Å². The average molecular weight is 393 g/mol. The molecule has 144 valence electrons. The van der Waals surface area contributed by atoms with E-state index in [9.17, 15) is 18.5 Å². The van der Waals surface area contributed by atoms with Crippen LogP contribution in [0.3, 0.4) is 0 Å². The van der Waals surface area contributed by atoms with Crippen molar-refractivity contribution in [1.82, 2.24) is 0 Å². The molecule has 0 amide bonds. The van der Waals surface area contributed by atoms with E-state index in [1.165, 1.54) is 12.1 Å². The fourth-order valence-electron chi connectivity index (χ4n) is 2.29. The molecule has 27 heavy (non-hydrogen) atoms. The van der Waals surface area contributed by atoms with Gasteiger partial charge in [-0.25, -0.2) is 4.57 Å². The van der Waals surface area contributed by atoms with Gasteiger partial charge >= 0.3 is 0 Å². The Morgan fingerprint density at radius 2 is 1.81 bits per heavy atom. The summed E-state index contributed by atoms with van der Waals surface area (Å²) in [5.41, 5.74) is 1.62. The number of benzene rings is 1. The molecule has 0 spiro atoms. The SMILES string of the molecule is CN(/N=C/c1cc[n+](CCCCS(=O)(=O)O)cc1)c1ccc([N+](=O)[O-])cc1. The molecule has 0 aliphatic carbocycles. The molecular weight excluding hydrogens is 372 g/mol. The number of rotatable bonds is 9. The molecule has 10 heteroatoms. The molecule has 0 saturated carbocycles. The lowest BCUT2D eigenvalue weighted by atomic mass is 10.3. The van der Waals surface area contributed by atoms with E-state index >= 15 is 0 Å². The summed E-state index contributed by atoms with van der Waals surface area (Å²) < 4.78 is 31.9. The number of hydrogen-bond acceptors (Lipinski definition) is 6. The molecule has 0 aliphatic heterocycles. The van der Waals surface area contributed by atoms with Gasteiger partial charge in [0.05, 0.1) is 22.6 Å². The predicted octanol–water partition coefficient (Wildman–Crippen LogP) is 2.02. The molecular formula is C17H21N4O5S+. The van der Waals surface area contributed by atoms with Crippen LogP contribution < -0.4 is 9.58 Å². The highest BCUT2D eigenvalue weighted by Gasteiger charge is 2.07. The smallest absolute Gasteiger partial charge is 0.269 e. The Bertz CT molecular complexity index is 896. The number of nitro benzene ring substituents is 1. The van der Waals surface area contributed by atoms with Crippen molar-refractivity contribution in [3.05, 3.63) is 64.5 Å². The summed E-state index contributed by atoms with van der Waals surface area (Å²) in [6, 6.07) is 9.84. The summed E-state index contributed by atoms with van der Waals surface area (Å²) in [6.07, 6.45) is 6.43. The van der Waals surface area contributed by atoms with Crippen molar-refractivity contribution in [3.8, 4) is 0 Å². The Hall–Kier alpha value is -2.85. The zero-order valence-corrected chi connectivity index (χ0v) is 15.6. The van der Waals surface area contributed by atoms with E-state index in [2.05, 4.69) is 5.10 Å². The van der Waals surface area contributed by atoms with Crippen LogP contribution >= 0.6 is 0 Å². The minimum Gasteiger partial charge on any atom is -0.286 e. The Balaban J connectivity index is 1.88. The Labute approximate surface area is 157 Å². The number of hydrazone groups is 1. The van der Waals surface area contributed by atoms with E-state index in [4.69, 9.17) is 4.55 Å². The van der Waals surface area contributed by atoms with Gasteiger partial charge in [0, 0.05) is 43.3 Å². The molecule has 9 nitrogen and oxygen atoms in total. The quantitative estimate of drug-likeness (QED) is 0.174. The van der Waals surface area contributed by atoms with Crippen molar-refractivity contribution < 1.29 is 22.5 Å². The molecule has 0 atom stereocenters. The van der Waals surface area contributed by atoms with Gasteiger partial charge in [-0.2, -0.15) is 13.5 Å². The fourth-order valence-corrected chi connectivity index (χ4v) is 2.86. The molecule has 1 aromatic heterocycles. The summed E-state index contributed by atoms with van der Waals surface area (Å²) in [6.45, 7) is 0.648. The zero-order valence-electron chi connectivity index (χ0n) is 14.8. The topological polar surface area (TPSA) is 117 Å². The summed E-state index contributed by atoms with van der Waals surface area (Å²) in [5, 5.41) is 16.6. The highest BCUT2D eigenvalue weighted by atomic mass is 32.2. The largest absolute Gasteiger partial charge is 0.286 e. The van der Waals surface area contributed by atoms with Gasteiger partial charge in [-0.15, -0.1) is 0 Å². The maximum Gasteiger partial charge on any atom is 0.269 e. The highest BCUT2D eigenvalue weighted by molar-refractivity contribution is 7.85. The predicted molar refractivity (Wildman–Crippen MR) is 101 cm³/mol. The van der Waals surface area contributed by atoms with Gasteiger partial charge in [0.2, 0.25) is 0 Å². The van der Waals surface area contributed by atoms with Crippen LogP contribution in [0.25, 0.3) is 0 Å². The highest BCUT2D eigenvalue weighted by Crippen LogP contribution is 2.18. The lowest BCUT2D eigenvalue weighted by molar-refractivity contribution is -0.697. The Morgan fingerprint density at radius 3 is 2.37 bits per heavy atom. The summed E-state index contributed by atoms with van der Waals surface area (Å²) in [7, 11) is -2.15. The molecule has 0 saturated heterocycles. The second-order valence-electron chi connectivity index (χ2n) is 5.90. The van der Waals surface area contributed by atoms with E-state index in [1.54, 1.807) is 30.4 Å². The first-order valence-electron chi connectivity index (χ1n) is 8.21. The molecule has 0 radical (unpaired) electrons. The molecule has 0 bridgehead atoms. The number of hydrogen-bond donors (Lipinski definition) is 1. The van der Waals surface area contributed by atoms with Gasteiger partial charge < -0.3 is 0 Å². The maximum absolute atomic E-state index is 10.7. The first kappa shape index (κ1) is 20.5. The minimum atomic E-state index is -3.90. The average Bonchev–Trinajstić information content (AvgIpc) is 2.63. The van der Waals surface area contributed by atoms with E-state index in [1.807, 2.05) is 29.1 Å². The molecule has 0 fully saturated rings. The number of pyridine rings is 1. The number of nitrogens with zero attached hydrogens (tertiary/aromatic N) is 4. The van der Waals surface area contributed by atoms with Crippen LogP contribution in [0.15, 0.2) is 53.9 Å². The normalized spacial score (nSPS) is 11.6. The van der Waals surface area contributed by atoms with Gasteiger partial charge in [0.15, 0.2) is 12.4 Å². The van der Waals surface area contributed by atoms with Crippen molar-refractivity contribution in [1.29, 1.82) is 0 Å². The molecule has 0 aliphatic rings. The minimum absolute atomic E-state index is 0.0281. The van der Waals surface area contributed by atoms with E-state index in [0.717, 1.165) is 11.3 Å². The van der Waals surface area contributed by atoms with Crippen molar-refractivity contribution in [2.75, 3.05) is 17.8 Å². The molecule has 1 aromatic carbocycles. The summed E-state index contributed by atoms with van der Waals surface area (Å²) in [4.78, 5) is 10.2. The lowest BCUT2D eigenvalue weighted by Gasteiger charge is -2.12. The molecule has 2 aromatic rings. The second-order valence-corrected chi connectivity index (χ2v) is 7.48. The molecule has 1 heterocycles. The van der Waals surface area contributed by atoms with Crippen molar-refractivity contribution in [2.24, 2.45) is 5.10 Å². The number of nitro groups is 1. The monoisotopic (exact) mass is 393 g/mol. The van der Waals surface area contributed by atoms with Gasteiger partial charge in [0.1, 0.15) is 6.54 Å². The molecule has 1 N–H and O–H groups in total. The van der Waals surface area contributed by atoms with Crippen LogP contribution in [0.5, 0.6) is 0 Å². The standard InChI is InChI=1S/C17H20N4O5S/c1-19(16-4-6-17(7-5-16)21(22)23)18-14-15-8-11-20(12-9-15)10-2-3-13-27(24,25)26/h4-9,11-12,14H,2-3,10,13H2,1H3/p+1. The Kier molecular flexibility index (Phi) is 6.97. The Morgan fingerprint density at radius 1 is 1.19 bits per heavy atom. The third kappa shape index (κ3) is 7.12. The number of aryl methyl sites for hydroxylation is 1. The first-order chi connectivity index (χ1) is 12.7. The van der Waals surface area contributed by atoms with Crippen molar-refractivity contribution in [2.45, 2.75) is 19.4 Å². The van der Waals surface area contributed by atoms with Crippen LogP contribution in [-0.2, 0) is 16.7 Å².